The van der Waals surface area contributed by atoms with Crippen molar-refractivity contribution < 1.29 is 5.11 Å². The first kappa shape index (κ1) is 11.9. The predicted octanol–water partition coefficient (Wildman–Crippen LogP) is 3.70. The van der Waals surface area contributed by atoms with Gasteiger partial charge in [-0.1, -0.05) is 31.6 Å². The van der Waals surface area contributed by atoms with Gasteiger partial charge in [-0.05, 0) is 50.5 Å². The average Bonchev–Trinajstić information content (AvgIpc) is 2.21. The number of allylic oxidation sites excluding steroid dienone is 2. The van der Waals surface area contributed by atoms with Crippen LogP contribution in [0, 0.1) is 17.8 Å². The molecule has 2 aliphatic rings. The maximum Gasteiger partial charge on any atom is 0.0922 e. The van der Waals surface area contributed by atoms with Crippen LogP contribution in [0.1, 0.15) is 47.0 Å². The van der Waals surface area contributed by atoms with Crippen LogP contribution in [-0.2, 0) is 0 Å². The molecule has 1 heteroatoms. The Balaban J connectivity index is 2.40. The zero-order chi connectivity index (χ0) is 11.9. The van der Waals surface area contributed by atoms with Gasteiger partial charge < -0.3 is 5.11 Å². The molecule has 0 saturated carbocycles. The molecule has 0 amide bonds. The second kappa shape index (κ2) is 4.03. The van der Waals surface area contributed by atoms with Crippen LogP contribution >= 0.6 is 0 Å². The van der Waals surface area contributed by atoms with E-state index in [1.54, 1.807) is 0 Å². The van der Waals surface area contributed by atoms with Crippen molar-refractivity contribution >= 4 is 0 Å². The first-order valence-electron chi connectivity index (χ1n) is 6.52. The van der Waals surface area contributed by atoms with E-state index in [2.05, 4.69) is 39.8 Å². The van der Waals surface area contributed by atoms with Crippen molar-refractivity contribution in [3.63, 3.8) is 0 Å². The van der Waals surface area contributed by atoms with E-state index in [0.717, 1.165) is 19.3 Å². The monoisotopic (exact) mass is 220 g/mol. The minimum atomic E-state index is -0.549. The molecule has 0 bridgehead atoms. The zero-order valence-electron chi connectivity index (χ0n) is 11.0. The zero-order valence-corrected chi connectivity index (χ0v) is 11.0. The average molecular weight is 220 g/mol. The maximum absolute atomic E-state index is 10.9. The van der Waals surface area contributed by atoms with Gasteiger partial charge in [-0.15, -0.1) is 0 Å². The number of fused-ring (bicyclic) bond motifs is 1. The predicted molar refractivity (Wildman–Crippen MR) is 68.1 cm³/mol. The van der Waals surface area contributed by atoms with Crippen LogP contribution < -0.4 is 0 Å². The second-order valence-electron chi connectivity index (χ2n) is 5.99. The molecule has 0 radical (unpaired) electrons. The van der Waals surface area contributed by atoms with Gasteiger partial charge in [0, 0.05) is 5.92 Å². The van der Waals surface area contributed by atoms with E-state index >= 15 is 0 Å². The van der Waals surface area contributed by atoms with Gasteiger partial charge in [-0.25, -0.2) is 0 Å². The van der Waals surface area contributed by atoms with Crippen LogP contribution in [0.15, 0.2) is 23.3 Å². The molecule has 0 saturated heterocycles. The molecule has 1 nitrogen and oxygen atoms in total. The fourth-order valence-electron chi connectivity index (χ4n) is 3.34. The van der Waals surface area contributed by atoms with Crippen LogP contribution in [0.25, 0.3) is 0 Å². The standard InChI is InChI=1S/C15H24O/c1-10(2)13-6-5-12(4)15(16)8-7-11(3)9-14(13)15/h5,9-10,13-14,16H,6-8H2,1-4H3/t13-,14+,15?/m1/s1. The molecule has 0 aromatic heterocycles. The summed E-state index contributed by atoms with van der Waals surface area (Å²) in [7, 11) is 0. The fraction of sp³-hybridized carbons (Fsp3) is 0.733. The van der Waals surface area contributed by atoms with Gasteiger partial charge in [0.15, 0.2) is 0 Å². The van der Waals surface area contributed by atoms with Gasteiger partial charge in [0.05, 0.1) is 5.60 Å². The van der Waals surface area contributed by atoms with Crippen molar-refractivity contribution in [1.82, 2.24) is 0 Å². The second-order valence-corrected chi connectivity index (χ2v) is 5.99. The first-order valence-corrected chi connectivity index (χ1v) is 6.52. The van der Waals surface area contributed by atoms with Gasteiger partial charge in [-0.3, -0.25) is 0 Å². The Morgan fingerprint density at radius 2 is 2.06 bits per heavy atom. The number of hydrogen-bond acceptors (Lipinski definition) is 1. The summed E-state index contributed by atoms with van der Waals surface area (Å²) in [5, 5.41) is 10.9. The normalized spacial score (nSPS) is 39.1. The van der Waals surface area contributed by atoms with Crippen molar-refractivity contribution in [2.24, 2.45) is 17.8 Å². The largest absolute Gasteiger partial charge is 0.385 e. The highest BCUT2D eigenvalue weighted by atomic mass is 16.3. The first-order chi connectivity index (χ1) is 7.45. The van der Waals surface area contributed by atoms with Crippen molar-refractivity contribution in [3.05, 3.63) is 23.3 Å². The summed E-state index contributed by atoms with van der Waals surface area (Å²) in [5.74, 6) is 1.58. The smallest absolute Gasteiger partial charge is 0.0922 e. The van der Waals surface area contributed by atoms with E-state index in [0.29, 0.717) is 17.8 Å². The van der Waals surface area contributed by atoms with E-state index in [9.17, 15) is 5.11 Å². The molecule has 1 N–H and O–H groups in total. The Hall–Kier alpha value is -0.560. The highest BCUT2D eigenvalue weighted by Gasteiger charge is 2.45. The summed E-state index contributed by atoms with van der Waals surface area (Å²) >= 11 is 0. The third kappa shape index (κ3) is 1.75. The topological polar surface area (TPSA) is 20.2 Å². The molecule has 0 aromatic carbocycles. The molecule has 3 atom stereocenters. The van der Waals surface area contributed by atoms with Gasteiger partial charge in [-0.2, -0.15) is 0 Å². The van der Waals surface area contributed by atoms with Gasteiger partial charge in [0.25, 0.3) is 0 Å². The van der Waals surface area contributed by atoms with Crippen molar-refractivity contribution in [3.8, 4) is 0 Å². The quantitative estimate of drug-likeness (QED) is 0.668. The molecule has 0 aromatic rings. The summed E-state index contributed by atoms with van der Waals surface area (Å²) < 4.78 is 0. The minimum absolute atomic E-state index is 0.339. The van der Waals surface area contributed by atoms with E-state index in [1.165, 1.54) is 11.1 Å². The molecule has 0 aliphatic heterocycles. The van der Waals surface area contributed by atoms with Crippen molar-refractivity contribution in [1.29, 1.82) is 0 Å². The van der Waals surface area contributed by atoms with Crippen LogP contribution in [0.2, 0.25) is 0 Å². The molecule has 2 rings (SSSR count). The lowest BCUT2D eigenvalue weighted by Crippen LogP contribution is -2.47. The third-order valence-electron chi connectivity index (χ3n) is 4.61. The Morgan fingerprint density at radius 3 is 2.69 bits per heavy atom. The molecule has 16 heavy (non-hydrogen) atoms. The molecule has 0 heterocycles. The summed E-state index contributed by atoms with van der Waals surface area (Å²) in [6.45, 7) is 8.84. The Bertz CT molecular complexity index is 337. The Kier molecular flexibility index (Phi) is 3.00. The molecule has 1 unspecified atom stereocenters. The van der Waals surface area contributed by atoms with Crippen molar-refractivity contribution in [2.45, 2.75) is 52.6 Å². The van der Waals surface area contributed by atoms with Gasteiger partial charge in [0.2, 0.25) is 0 Å². The van der Waals surface area contributed by atoms with E-state index in [1.807, 2.05) is 0 Å². The van der Waals surface area contributed by atoms with Crippen LogP contribution in [-0.4, -0.2) is 10.7 Å². The molecule has 0 fully saturated rings. The lowest BCUT2D eigenvalue weighted by molar-refractivity contribution is -0.0188. The van der Waals surface area contributed by atoms with Gasteiger partial charge in [0.1, 0.15) is 0 Å². The van der Waals surface area contributed by atoms with E-state index < -0.39 is 5.60 Å². The summed E-state index contributed by atoms with van der Waals surface area (Å²) in [5.41, 5.74) is 2.10. The van der Waals surface area contributed by atoms with Crippen LogP contribution in [0.3, 0.4) is 0 Å². The number of rotatable bonds is 1. The van der Waals surface area contributed by atoms with Crippen LogP contribution in [0.4, 0.5) is 0 Å². The fourth-order valence-corrected chi connectivity index (χ4v) is 3.34. The molecular weight excluding hydrogens is 196 g/mol. The minimum Gasteiger partial charge on any atom is -0.385 e. The Morgan fingerprint density at radius 1 is 1.38 bits per heavy atom. The van der Waals surface area contributed by atoms with Crippen LogP contribution in [0.5, 0.6) is 0 Å². The molecule has 90 valence electrons. The highest BCUT2D eigenvalue weighted by Crippen LogP contribution is 2.47. The molecular formula is C15H24O. The lowest BCUT2D eigenvalue weighted by atomic mass is 9.61. The van der Waals surface area contributed by atoms with E-state index in [-0.39, 0.29) is 0 Å². The maximum atomic E-state index is 10.9. The number of hydrogen-bond donors (Lipinski definition) is 1. The Labute approximate surface area is 99.3 Å². The third-order valence-corrected chi connectivity index (χ3v) is 4.61. The SMILES string of the molecule is CC1=C[C@H]2[C@@H](C(C)C)CC=C(C)C2(O)CC1. The number of aliphatic hydroxyl groups is 1. The summed E-state index contributed by atoms with van der Waals surface area (Å²) in [4.78, 5) is 0. The van der Waals surface area contributed by atoms with E-state index in [4.69, 9.17) is 0 Å². The molecule has 0 spiro atoms. The summed E-state index contributed by atoms with van der Waals surface area (Å²) in [6.07, 6.45) is 7.68. The lowest BCUT2D eigenvalue weighted by Gasteiger charge is -2.47. The summed E-state index contributed by atoms with van der Waals surface area (Å²) in [6, 6.07) is 0. The highest BCUT2D eigenvalue weighted by molar-refractivity contribution is 5.29. The molecule has 2 aliphatic carbocycles. The van der Waals surface area contributed by atoms with Crippen molar-refractivity contribution in [2.75, 3.05) is 0 Å². The van der Waals surface area contributed by atoms with Gasteiger partial charge >= 0.3 is 0 Å².